The Kier molecular flexibility index (Phi) is 9.37. The number of benzene rings is 1. The SMILES string of the molecule is CCCCCc1cccc(OCC(C)S(=O)(=O)O)c1CCCCC. The summed E-state index contributed by atoms with van der Waals surface area (Å²) in [7, 11) is -4.06. The summed E-state index contributed by atoms with van der Waals surface area (Å²) >= 11 is 0. The van der Waals surface area contributed by atoms with Crippen LogP contribution in [0, 0.1) is 0 Å². The second-order valence-corrected chi connectivity index (χ2v) is 8.28. The zero-order valence-corrected chi connectivity index (χ0v) is 16.1. The summed E-state index contributed by atoms with van der Waals surface area (Å²) in [5, 5.41) is -0.926. The molecule has 0 aliphatic carbocycles. The molecule has 0 amide bonds. The fourth-order valence-electron chi connectivity index (χ4n) is 2.67. The molecule has 0 fully saturated rings. The van der Waals surface area contributed by atoms with E-state index in [1.165, 1.54) is 37.3 Å². The molecular weight excluding hydrogens is 324 g/mol. The van der Waals surface area contributed by atoms with Crippen LogP contribution < -0.4 is 4.74 Å². The van der Waals surface area contributed by atoms with Gasteiger partial charge in [-0.05, 0) is 49.8 Å². The zero-order valence-electron chi connectivity index (χ0n) is 15.3. The van der Waals surface area contributed by atoms with Crippen LogP contribution in [0.15, 0.2) is 18.2 Å². The Morgan fingerprint density at radius 3 is 2.25 bits per heavy atom. The van der Waals surface area contributed by atoms with Crippen molar-refractivity contribution in [2.75, 3.05) is 6.61 Å². The highest BCUT2D eigenvalue weighted by Crippen LogP contribution is 2.27. The normalized spacial score (nSPS) is 13.0. The summed E-state index contributed by atoms with van der Waals surface area (Å²) in [6.45, 7) is 5.80. The van der Waals surface area contributed by atoms with Gasteiger partial charge in [0.2, 0.25) is 0 Å². The molecular formula is C19H32O4S. The summed E-state index contributed by atoms with van der Waals surface area (Å²) in [6, 6.07) is 6.02. The van der Waals surface area contributed by atoms with Gasteiger partial charge in [-0.3, -0.25) is 4.55 Å². The van der Waals surface area contributed by atoms with Crippen molar-refractivity contribution in [2.45, 2.75) is 77.4 Å². The van der Waals surface area contributed by atoms with Crippen LogP contribution in [0.2, 0.25) is 0 Å². The van der Waals surface area contributed by atoms with E-state index in [0.29, 0.717) is 0 Å². The van der Waals surface area contributed by atoms with Crippen molar-refractivity contribution in [1.29, 1.82) is 0 Å². The maximum atomic E-state index is 11.2. The quantitative estimate of drug-likeness (QED) is 0.431. The van der Waals surface area contributed by atoms with Crippen molar-refractivity contribution in [3.63, 3.8) is 0 Å². The summed E-state index contributed by atoms with van der Waals surface area (Å²) in [4.78, 5) is 0. The molecule has 0 saturated carbocycles. The van der Waals surface area contributed by atoms with Crippen LogP contribution in [0.3, 0.4) is 0 Å². The fourth-order valence-corrected chi connectivity index (χ4v) is 2.91. The topological polar surface area (TPSA) is 63.6 Å². The van der Waals surface area contributed by atoms with E-state index in [-0.39, 0.29) is 6.61 Å². The molecule has 0 spiro atoms. The average Bonchev–Trinajstić information content (AvgIpc) is 2.53. The summed E-state index contributed by atoms with van der Waals surface area (Å²) < 4.78 is 37.2. The highest BCUT2D eigenvalue weighted by molar-refractivity contribution is 7.86. The van der Waals surface area contributed by atoms with Crippen LogP contribution in [0.4, 0.5) is 0 Å². The van der Waals surface area contributed by atoms with Crippen molar-refractivity contribution in [1.82, 2.24) is 0 Å². The lowest BCUT2D eigenvalue weighted by Crippen LogP contribution is -2.24. The second kappa shape index (κ2) is 10.7. The third-order valence-corrected chi connectivity index (χ3v) is 5.45. The van der Waals surface area contributed by atoms with Gasteiger partial charge >= 0.3 is 0 Å². The van der Waals surface area contributed by atoms with Crippen molar-refractivity contribution < 1.29 is 17.7 Å². The van der Waals surface area contributed by atoms with Crippen LogP contribution in [-0.2, 0) is 23.0 Å². The molecule has 1 rings (SSSR count). The van der Waals surface area contributed by atoms with Gasteiger partial charge in [0.15, 0.2) is 0 Å². The smallest absolute Gasteiger partial charge is 0.270 e. The van der Waals surface area contributed by atoms with E-state index in [2.05, 4.69) is 19.9 Å². The first-order valence-electron chi connectivity index (χ1n) is 9.10. The molecule has 4 nitrogen and oxygen atoms in total. The predicted molar refractivity (Wildman–Crippen MR) is 99.4 cm³/mol. The monoisotopic (exact) mass is 356 g/mol. The Bertz CT molecular complexity index is 581. The molecule has 1 atom stereocenters. The van der Waals surface area contributed by atoms with Crippen LogP contribution in [0.1, 0.15) is 70.4 Å². The predicted octanol–water partition coefficient (Wildman–Crippen LogP) is 4.81. The Labute approximate surface area is 147 Å². The second-order valence-electron chi connectivity index (χ2n) is 6.44. The molecule has 1 aromatic rings. The highest BCUT2D eigenvalue weighted by atomic mass is 32.2. The Morgan fingerprint density at radius 2 is 1.67 bits per heavy atom. The third kappa shape index (κ3) is 7.22. The molecule has 1 unspecified atom stereocenters. The maximum Gasteiger partial charge on any atom is 0.270 e. The number of rotatable bonds is 12. The molecule has 0 bridgehead atoms. The van der Waals surface area contributed by atoms with Crippen LogP contribution in [-0.4, -0.2) is 24.8 Å². The molecule has 0 aliphatic rings. The lowest BCUT2D eigenvalue weighted by atomic mass is 9.96. The Morgan fingerprint density at radius 1 is 1.04 bits per heavy atom. The Balaban J connectivity index is 2.88. The maximum absolute atomic E-state index is 11.2. The van der Waals surface area contributed by atoms with E-state index < -0.39 is 15.4 Å². The lowest BCUT2D eigenvalue weighted by molar-refractivity contribution is 0.307. The van der Waals surface area contributed by atoms with E-state index in [4.69, 9.17) is 9.29 Å². The molecule has 0 heterocycles. The summed E-state index contributed by atoms with van der Waals surface area (Å²) in [5.74, 6) is 0.760. The molecule has 138 valence electrons. The number of hydrogen-bond acceptors (Lipinski definition) is 3. The first kappa shape index (κ1) is 21.0. The average molecular weight is 357 g/mol. The van der Waals surface area contributed by atoms with E-state index in [0.717, 1.165) is 37.9 Å². The number of hydrogen-bond donors (Lipinski definition) is 1. The van der Waals surface area contributed by atoms with Gasteiger partial charge in [-0.15, -0.1) is 0 Å². The van der Waals surface area contributed by atoms with Gasteiger partial charge < -0.3 is 4.74 Å². The van der Waals surface area contributed by atoms with Gasteiger partial charge in [0.25, 0.3) is 10.1 Å². The van der Waals surface area contributed by atoms with Gasteiger partial charge in [0, 0.05) is 0 Å². The van der Waals surface area contributed by atoms with Crippen molar-refractivity contribution >= 4 is 10.1 Å². The first-order valence-corrected chi connectivity index (χ1v) is 10.6. The van der Waals surface area contributed by atoms with E-state index in [9.17, 15) is 8.42 Å². The minimum absolute atomic E-state index is 0.0297. The summed E-state index contributed by atoms with van der Waals surface area (Å²) in [5.41, 5.74) is 2.50. The van der Waals surface area contributed by atoms with Crippen LogP contribution >= 0.6 is 0 Å². The van der Waals surface area contributed by atoms with E-state index >= 15 is 0 Å². The van der Waals surface area contributed by atoms with Crippen molar-refractivity contribution in [3.05, 3.63) is 29.3 Å². The van der Waals surface area contributed by atoms with Gasteiger partial charge in [0.1, 0.15) is 17.6 Å². The highest BCUT2D eigenvalue weighted by Gasteiger charge is 2.19. The third-order valence-electron chi connectivity index (χ3n) is 4.29. The summed E-state index contributed by atoms with van der Waals surface area (Å²) in [6.07, 6.45) is 8.96. The van der Waals surface area contributed by atoms with E-state index in [1.54, 1.807) is 0 Å². The molecule has 0 saturated heterocycles. The number of ether oxygens (including phenoxy) is 1. The zero-order chi connectivity index (χ0) is 18.0. The molecule has 1 N–H and O–H groups in total. The first-order chi connectivity index (χ1) is 11.4. The lowest BCUT2D eigenvalue weighted by Gasteiger charge is -2.17. The molecule has 1 aromatic carbocycles. The van der Waals surface area contributed by atoms with Gasteiger partial charge in [-0.25, -0.2) is 0 Å². The van der Waals surface area contributed by atoms with Crippen molar-refractivity contribution in [3.8, 4) is 5.75 Å². The molecule has 0 aromatic heterocycles. The van der Waals surface area contributed by atoms with Crippen LogP contribution in [0.5, 0.6) is 5.75 Å². The van der Waals surface area contributed by atoms with Crippen molar-refractivity contribution in [2.24, 2.45) is 0 Å². The molecule has 24 heavy (non-hydrogen) atoms. The molecule has 0 radical (unpaired) electrons. The Hall–Kier alpha value is -1.07. The number of unbranched alkanes of at least 4 members (excludes halogenated alkanes) is 4. The van der Waals surface area contributed by atoms with Gasteiger partial charge in [-0.2, -0.15) is 8.42 Å². The van der Waals surface area contributed by atoms with Crippen LogP contribution in [0.25, 0.3) is 0 Å². The van der Waals surface area contributed by atoms with E-state index in [1.807, 2.05) is 12.1 Å². The molecule has 5 heteroatoms. The fraction of sp³-hybridized carbons (Fsp3) is 0.684. The minimum atomic E-state index is -4.06. The minimum Gasteiger partial charge on any atom is -0.492 e. The standard InChI is InChI=1S/C19H32O4S/c1-4-6-8-11-17-12-10-14-19(18(17)13-9-7-5-2)23-15-16(3)24(20,21)22/h10,12,14,16H,4-9,11,13,15H2,1-3H3,(H,20,21,22). The number of aryl methyl sites for hydroxylation is 1. The van der Waals surface area contributed by atoms with Gasteiger partial charge in [-0.1, -0.05) is 51.7 Å². The largest absolute Gasteiger partial charge is 0.492 e. The van der Waals surface area contributed by atoms with Gasteiger partial charge in [0.05, 0.1) is 0 Å². The molecule has 0 aliphatic heterocycles.